The van der Waals surface area contributed by atoms with Crippen molar-refractivity contribution in [2.24, 2.45) is 0 Å². The molecule has 1 aliphatic rings. The average molecular weight is 257 g/mol. The molecule has 1 unspecified atom stereocenters. The number of ether oxygens (including phenoxy) is 2. The van der Waals surface area contributed by atoms with Crippen molar-refractivity contribution in [2.75, 3.05) is 12.1 Å². The van der Waals surface area contributed by atoms with Crippen molar-refractivity contribution in [1.82, 2.24) is 0 Å². The Morgan fingerprint density at radius 1 is 1.05 bits per heavy atom. The first-order valence-electron chi connectivity index (χ1n) is 6.17. The third-order valence-corrected chi connectivity index (χ3v) is 3.15. The first-order chi connectivity index (χ1) is 9.22. The van der Waals surface area contributed by atoms with E-state index in [1.54, 1.807) is 12.1 Å². The van der Waals surface area contributed by atoms with Gasteiger partial charge in [0.05, 0.1) is 0 Å². The van der Waals surface area contributed by atoms with Crippen LogP contribution >= 0.6 is 0 Å². The largest absolute Gasteiger partial charge is 0.508 e. The van der Waals surface area contributed by atoms with E-state index in [-0.39, 0.29) is 18.6 Å². The minimum Gasteiger partial charge on any atom is -0.508 e. The van der Waals surface area contributed by atoms with Gasteiger partial charge >= 0.3 is 0 Å². The van der Waals surface area contributed by atoms with Crippen molar-refractivity contribution in [3.8, 4) is 17.2 Å². The van der Waals surface area contributed by atoms with E-state index in [1.165, 1.54) is 0 Å². The molecule has 1 atom stereocenters. The molecule has 4 heteroatoms. The molecule has 0 amide bonds. The fraction of sp³-hybridized carbons (Fsp3) is 0.200. The molecule has 0 saturated carbocycles. The fourth-order valence-electron chi connectivity index (χ4n) is 2.08. The first kappa shape index (κ1) is 11.7. The van der Waals surface area contributed by atoms with Crippen LogP contribution in [0, 0.1) is 0 Å². The number of aromatic hydroxyl groups is 1. The number of hydrogen-bond acceptors (Lipinski definition) is 4. The Hall–Kier alpha value is -2.36. The molecule has 0 saturated heterocycles. The van der Waals surface area contributed by atoms with E-state index in [1.807, 2.05) is 30.3 Å². The molecule has 2 N–H and O–H groups in total. The maximum Gasteiger partial charge on any atom is 0.231 e. The predicted octanol–water partition coefficient (Wildman–Crippen LogP) is 3.29. The summed E-state index contributed by atoms with van der Waals surface area (Å²) in [5.41, 5.74) is 2.08. The molecule has 0 radical (unpaired) electrons. The van der Waals surface area contributed by atoms with Crippen LogP contribution in [0.3, 0.4) is 0 Å². The second-order valence-corrected chi connectivity index (χ2v) is 4.53. The molecule has 4 nitrogen and oxygen atoms in total. The van der Waals surface area contributed by atoms with Crippen LogP contribution in [0.2, 0.25) is 0 Å². The second-order valence-electron chi connectivity index (χ2n) is 4.53. The Morgan fingerprint density at radius 3 is 2.58 bits per heavy atom. The summed E-state index contributed by atoms with van der Waals surface area (Å²) in [6.07, 6.45) is 0. The topological polar surface area (TPSA) is 50.7 Å². The van der Waals surface area contributed by atoms with Crippen LogP contribution in [0.25, 0.3) is 0 Å². The van der Waals surface area contributed by atoms with E-state index in [9.17, 15) is 5.11 Å². The molecule has 0 spiro atoms. The molecule has 2 aromatic rings. The van der Waals surface area contributed by atoms with Crippen molar-refractivity contribution < 1.29 is 14.6 Å². The lowest BCUT2D eigenvalue weighted by Crippen LogP contribution is -2.06. The number of phenols is 1. The van der Waals surface area contributed by atoms with Gasteiger partial charge in [-0.25, -0.2) is 0 Å². The van der Waals surface area contributed by atoms with E-state index >= 15 is 0 Å². The highest BCUT2D eigenvalue weighted by Gasteiger charge is 2.14. The zero-order chi connectivity index (χ0) is 13.2. The number of hydrogen-bond donors (Lipinski definition) is 2. The maximum atomic E-state index is 9.28. The van der Waals surface area contributed by atoms with Gasteiger partial charge in [-0.3, -0.25) is 0 Å². The zero-order valence-corrected chi connectivity index (χ0v) is 10.6. The van der Waals surface area contributed by atoms with Crippen molar-refractivity contribution in [3.05, 3.63) is 48.0 Å². The summed E-state index contributed by atoms with van der Waals surface area (Å²) in [6, 6.07) is 13.1. The molecule has 0 aliphatic carbocycles. The number of fused-ring (bicyclic) bond motifs is 1. The number of nitrogens with one attached hydrogen (secondary N) is 1. The molecular weight excluding hydrogens is 242 g/mol. The summed E-state index contributed by atoms with van der Waals surface area (Å²) < 4.78 is 10.6. The van der Waals surface area contributed by atoms with E-state index < -0.39 is 0 Å². The maximum absolute atomic E-state index is 9.28. The van der Waals surface area contributed by atoms with Crippen LogP contribution in [0.4, 0.5) is 5.69 Å². The Kier molecular flexibility index (Phi) is 2.91. The third-order valence-electron chi connectivity index (χ3n) is 3.15. The van der Waals surface area contributed by atoms with Crippen LogP contribution in [-0.4, -0.2) is 11.9 Å². The van der Waals surface area contributed by atoms with Crippen LogP contribution in [0.5, 0.6) is 17.2 Å². The molecule has 98 valence electrons. The van der Waals surface area contributed by atoms with Crippen molar-refractivity contribution in [1.29, 1.82) is 0 Å². The molecule has 0 aromatic heterocycles. The monoisotopic (exact) mass is 257 g/mol. The van der Waals surface area contributed by atoms with E-state index in [0.717, 1.165) is 22.7 Å². The van der Waals surface area contributed by atoms with Crippen LogP contribution in [0.1, 0.15) is 18.5 Å². The number of rotatable bonds is 3. The quantitative estimate of drug-likeness (QED) is 0.885. The lowest BCUT2D eigenvalue weighted by molar-refractivity contribution is 0.174. The fourth-order valence-corrected chi connectivity index (χ4v) is 2.08. The van der Waals surface area contributed by atoms with Gasteiger partial charge in [-0.05, 0) is 36.8 Å². The standard InChI is InChI=1S/C15H15NO3/c1-10(11-2-5-13(17)6-3-11)16-12-4-7-14-15(8-12)19-9-18-14/h2-8,10,16-17H,9H2,1H3. The lowest BCUT2D eigenvalue weighted by atomic mass is 10.1. The Bertz CT molecular complexity index is 580. The van der Waals surface area contributed by atoms with Gasteiger partial charge < -0.3 is 19.9 Å². The highest BCUT2D eigenvalue weighted by atomic mass is 16.7. The van der Waals surface area contributed by atoms with Gasteiger partial charge in [0.15, 0.2) is 11.5 Å². The molecule has 1 heterocycles. The SMILES string of the molecule is CC(Nc1ccc2c(c1)OCO2)c1ccc(O)cc1. The molecule has 3 rings (SSSR count). The molecular formula is C15H15NO3. The summed E-state index contributed by atoms with van der Waals surface area (Å²) in [5, 5.41) is 12.7. The summed E-state index contributed by atoms with van der Waals surface area (Å²) in [5.74, 6) is 1.82. The van der Waals surface area contributed by atoms with Gasteiger partial charge in [-0.15, -0.1) is 0 Å². The second kappa shape index (κ2) is 4.72. The Balaban J connectivity index is 1.75. The van der Waals surface area contributed by atoms with Gasteiger partial charge in [0.2, 0.25) is 6.79 Å². The summed E-state index contributed by atoms with van der Waals surface area (Å²) in [7, 11) is 0. The van der Waals surface area contributed by atoms with Crippen molar-refractivity contribution in [2.45, 2.75) is 13.0 Å². The Labute approximate surface area is 111 Å². The number of benzene rings is 2. The van der Waals surface area contributed by atoms with Crippen molar-refractivity contribution >= 4 is 5.69 Å². The smallest absolute Gasteiger partial charge is 0.231 e. The molecule has 0 bridgehead atoms. The number of phenolic OH excluding ortho intramolecular Hbond substituents is 1. The molecule has 1 aliphatic heterocycles. The summed E-state index contributed by atoms with van der Waals surface area (Å²) in [4.78, 5) is 0. The van der Waals surface area contributed by atoms with E-state index in [4.69, 9.17) is 9.47 Å². The average Bonchev–Trinajstić information content (AvgIpc) is 2.87. The minimum absolute atomic E-state index is 0.140. The highest BCUT2D eigenvalue weighted by molar-refractivity contribution is 5.56. The zero-order valence-electron chi connectivity index (χ0n) is 10.6. The summed E-state index contributed by atoms with van der Waals surface area (Å²) in [6.45, 7) is 2.35. The van der Waals surface area contributed by atoms with E-state index in [2.05, 4.69) is 12.2 Å². The van der Waals surface area contributed by atoms with Crippen LogP contribution in [-0.2, 0) is 0 Å². The normalized spacial score (nSPS) is 14.2. The lowest BCUT2D eigenvalue weighted by Gasteiger charge is -2.16. The van der Waals surface area contributed by atoms with Crippen molar-refractivity contribution in [3.63, 3.8) is 0 Å². The third kappa shape index (κ3) is 2.42. The molecule has 19 heavy (non-hydrogen) atoms. The summed E-state index contributed by atoms with van der Waals surface area (Å²) >= 11 is 0. The highest BCUT2D eigenvalue weighted by Crippen LogP contribution is 2.35. The first-order valence-corrected chi connectivity index (χ1v) is 6.17. The predicted molar refractivity (Wildman–Crippen MR) is 72.7 cm³/mol. The number of anilines is 1. The van der Waals surface area contributed by atoms with Gasteiger partial charge in [-0.2, -0.15) is 0 Å². The van der Waals surface area contributed by atoms with Gasteiger partial charge in [0.1, 0.15) is 5.75 Å². The van der Waals surface area contributed by atoms with Gasteiger partial charge in [-0.1, -0.05) is 12.1 Å². The molecule has 0 fully saturated rings. The Morgan fingerprint density at radius 2 is 1.79 bits per heavy atom. The minimum atomic E-state index is 0.140. The van der Waals surface area contributed by atoms with Gasteiger partial charge in [0, 0.05) is 17.8 Å². The van der Waals surface area contributed by atoms with Gasteiger partial charge in [0.25, 0.3) is 0 Å². The van der Waals surface area contributed by atoms with E-state index in [0.29, 0.717) is 0 Å². The molecule has 2 aromatic carbocycles. The van der Waals surface area contributed by atoms with Crippen LogP contribution < -0.4 is 14.8 Å². The van der Waals surface area contributed by atoms with Crippen LogP contribution in [0.15, 0.2) is 42.5 Å².